The number of aliphatic imine (C=N–C) groups is 1. The summed E-state index contributed by atoms with van der Waals surface area (Å²) in [4.78, 5) is 22.0. The molecule has 1 aromatic heterocycles. The van der Waals surface area contributed by atoms with Crippen LogP contribution >= 0.6 is 22.9 Å². The lowest BCUT2D eigenvalue weighted by Crippen LogP contribution is -2.21. The van der Waals surface area contributed by atoms with Crippen molar-refractivity contribution in [2.75, 3.05) is 7.11 Å². The number of ether oxygens (including phenoxy) is 2. The second-order valence-corrected chi connectivity index (χ2v) is 10.6. The van der Waals surface area contributed by atoms with Gasteiger partial charge < -0.3 is 14.0 Å². The average molecular weight is 489 g/mol. The molecule has 2 unspecified atom stereocenters. The summed E-state index contributed by atoms with van der Waals surface area (Å²) in [7, 11) is 1.55. The number of rotatable bonds is 5. The molecule has 2 aromatic rings. The summed E-state index contributed by atoms with van der Waals surface area (Å²) in [6.07, 6.45) is 6.63. The topological polar surface area (TPSA) is 89.0 Å². The molecule has 33 heavy (non-hydrogen) atoms. The molecule has 1 aliphatic rings. The van der Waals surface area contributed by atoms with Gasteiger partial charge in [-0.05, 0) is 48.8 Å². The predicted molar refractivity (Wildman–Crippen MR) is 130 cm³/mol. The minimum atomic E-state index is -0.234. The number of thiazole rings is 1. The van der Waals surface area contributed by atoms with E-state index in [-0.39, 0.29) is 23.3 Å². The van der Waals surface area contributed by atoms with Gasteiger partial charge in [0.1, 0.15) is 11.9 Å². The summed E-state index contributed by atoms with van der Waals surface area (Å²) in [5.41, 5.74) is 0.496. The second-order valence-electron chi connectivity index (χ2n) is 9.18. The summed E-state index contributed by atoms with van der Waals surface area (Å²) < 4.78 is 13.0. The lowest BCUT2D eigenvalue weighted by Gasteiger charge is -2.15. The zero-order valence-corrected chi connectivity index (χ0v) is 21.2. The number of hydrogen-bond acceptors (Lipinski definition) is 6. The molecule has 2 atom stereocenters. The Morgan fingerprint density at radius 2 is 2.12 bits per heavy atom. The Morgan fingerprint density at radius 1 is 1.36 bits per heavy atom. The SMILES string of the molecule is COc1ccc(Cl)cc1C(=NC#N)N=c1sc(C(C)(C)C)cn1CC1CCC(OC(C)=O)C1. The van der Waals surface area contributed by atoms with Crippen LogP contribution in [0.2, 0.25) is 5.02 Å². The number of aromatic nitrogens is 1. The van der Waals surface area contributed by atoms with Gasteiger partial charge in [-0.15, -0.1) is 11.3 Å². The fourth-order valence-electron chi connectivity index (χ4n) is 3.90. The van der Waals surface area contributed by atoms with Crippen molar-refractivity contribution in [3.63, 3.8) is 0 Å². The normalized spacial score (nSPS) is 19.4. The van der Waals surface area contributed by atoms with Crippen LogP contribution in [-0.4, -0.2) is 29.6 Å². The molecule has 1 saturated carbocycles. The molecule has 0 bridgehead atoms. The van der Waals surface area contributed by atoms with E-state index in [9.17, 15) is 10.1 Å². The molecule has 176 valence electrons. The summed E-state index contributed by atoms with van der Waals surface area (Å²) in [5.74, 6) is 0.920. The Hall–Kier alpha value is -2.63. The van der Waals surface area contributed by atoms with Gasteiger partial charge in [0.2, 0.25) is 6.19 Å². The molecule has 0 saturated heterocycles. The summed E-state index contributed by atoms with van der Waals surface area (Å²) in [5, 5.41) is 9.83. The first-order chi connectivity index (χ1) is 15.6. The zero-order valence-electron chi connectivity index (χ0n) is 19.6. The number of carbonyl (C=O) groups excluding carboxylic acids is 1. The van der Waals surface area contributed by atoms with E-state index in [4.69, 9.17) is 26.1 Å². The average Bonchev–Trinajstić information content (AvgIpc) is 3.34. The van der Waals surface area contributed by atoms with Gasteiger partial charge >= 0.3 is 5.97 Å². The molecule has 0 aliphatic heterocycles. The largest absolute Gasteiger partial charge is 0.496 e. The van der Waals surface area contributed by atoms with Crippen LogP contribution in [0.15, 0.2) is 34.4 Å². The number of esters is 1. The Balaban J connectivity index is 2.03. The number of carbonyl (C=O) groups is 1. The third kappa shape index (κ3) is 6.46. The van der Waals surface area contributed by atoms with Crippen LogP contribution in [0.4, 0.5) is 0 Å². The van der Waals surface area contributed by atoms with Crippen molar-refractivity contribution in [2.24, 2.45) is 15.9 Å². The molecular formula is C24H29ClN4O3S. The molecule has 7 nitrogen and oxygen atoms in total. The van der Waals surface area contributed by atoms with Gasteiger partial charge in [0.05, 0.1) is 12.7 Å². The number of amidine groups is 1. The Morgan fingerprint density at radius 3 is 2.76 bits per heavy atom. The van der Waals surface area contributed by atoms with Crippen molar-refractivity contribution >= 4 is 34.7 Å². The smallest absolute Gasteiger partial charge is 0.302 e. The summed E-state index contributed by atoms with van der Waals surface area (Å²) in [6.45, 7) is 8.67. The molecule has 0 radical (unpaired) electrons. The molecule has 1 aliphatic carbocycles. The zero-order chi connectivity index (χ0) is 24.2. The fraction of sp³-hybridized carbons (Fsp3) is 0.500. The number of halogens is 1. The first-order valence-electron chi connectivity index (χ1n) is 10.8. The number of hydrogen-bond donors (Lipinski definition) is 0. The molecule has 1 fully saturated rings. The Bertz CT molecular complexity index is 1150. The number of nitrogens with zero attached hydrogens (tertiary/aromatic N) is 4. The number of benzene rings is 1. The van der Waals surface area contributed by atoms with Gasteiger partial charge in [-0.25, -0.2) is 0 Å². The highest BCUT2D eigenvalue weighted by Gasteiger charge is 2.28. The van der Waals surface area contributed by atoms with Gasteiger partial charge in [-0.1, -0.05) is 32.4 Å². The van der Waals surface area contributed by atoms with E-state index in [1.165, 1.54) is 11.8 Å². The van der Waals surface area contributed by atoms with E-state index in [1.807, 2.05) is 6.19 Å². The number of nitriles is 1. The third-order valence-electron chi connectivity index (χ3n) is 5.50. The predicted octanol–water partition coefficient (Wildman–Crippen LogP) is 5.07. The number of methoxy groups -OCH3 is 1. The van der Waals surface area contributed by atoms with Crippen molar-refractivity contribution < 1.29 is 14.3 Å². The van der Waals surface area contributed by atoms with E-state index in [1.54, 1.807) is 36.6 Å². The standard InChI is InChI=1S/C24H29ClN4O3S/c1-15(30)32-18-8-6-16(10-18)12-29-13-21(24(2,3)4)33-23(29)28-22(27-14-26)19-11-17(25)7-9-20(19)31-5/h7,9,11,13,16,18H,6,8,10,12H2,1-5H3. The van der Waals surface area contributed by atoms with Crippen LogP contribution in [0.5, 0.6) is 5.75 Å². The maximum atomic E-state index is 11.3. The second kappa shape index (κ2) is 10.5. The molecule has 0 N–H and O–H groups in total. The third-order valence-corrected chi connectivity index (χ3v) is 7.18. The van der Waals surface area contributed by atoms with Crippen LogP contribution in [0.3, 0.4) is 0 Å². The van der Waals surface area contributed by atoms with Gasteiger partial charge in [0.25, 0.3) is 0 Å². The molecule has 3 rings (SSSR count). The van der Waals surface area contributed by atoms with Crippen molar-refractivity contribution in [3.05, 3.63) is 44.7 Å². The molecule has 1 heterocycles. The molecule has 0 spiro atoms. The molecule has 9 heteroatoms. The van der Waals surface area contributed by atoms with E-state index >= 15 is 0 Å². The first kappa shape index (κ1) is 25.0. The van der Waals surface area contributed by atoms with E-state index < -0.39 is 0 Å². The van der Waals surface area contributed by atoms with E-state index in [0.717, 1.165) is 30.6 Å². The highest BCUT2D eigenvalue weighted by atomic mass is 35.5. The molecule has 0 amide bonds. The monoisotopic (exact) mass is 488 g/mol. The van der Waals surface area contributed by atoms with E-state index in [0.29, 0.717) is 22.3 Å². The van der Waals surface area contributed by atoms with E-state index in [2.05, 4.69) is 36.5 Å². The van der Waals surface area contributed by atoms with Gasteiger partial charge in [0, 0.05) is 29.6 Å². The van der Waals surface area contributed by atoms with Crippen molar-refractivity contribution in [2.45, 2.75) is 65.0 Å². The lowest BCUT2D eigenvalue weighted by molar-refractivity contribution is -0.146. The Labute approximate surface area is 203 Å². The van der Waals surface area contributed by atoms with Crippen molar-refractivity contribution in [1.29, 1.82) is 5.26 Å². The lowest BCUT2D eigenvalue weighted by atomic mass is 9.95. The van der Waals surface area contributed by atoms with Crippen molar-refractivity contribution in [1.82, 2.24) is 4.57 Å². The van der Waals surface area contributed by atoms with Gasteiger partial charge in [-0.3, -0.25) is 4.79 Å². The van der Waals surface area contributed by atoms with Crippen LogP contribution in [0, 0.1) is 17.4 Å². The van der Waals surface area contributed by atoms with Crippen LogP contribution in [-0.2, 0) is 21.5 Å². The maximum absolute atomic E-state index is 11.3. The van der Waals surface area contributed by atoms with Gasteiger partial charge in [0.15, 0.2) is 10.6 Å². The minimum absolute atomic E-state index is 0.0272. The molecular weight excluding hydrogens is 460 g/mol. The maximum Gasteiger partial charge on any atom is 0.302 e. The first-order valence-corrected chi connectivity index (χ1v) is 12.0. The van der Waals surface area contributed by atoms with Crippen LogP contribution in [0.25, 0.3) is 0 Å². The highest BCUT2D eigenvalue weighted by Crippen LogP contribution is 2.31. The minimum Gasteiger partial charge on any atom is -0.496 e. The Kier molecular flexibility index (Phi) is 7.98. The van der Waals surface area contributed by atoms with Crippen LogP contribution in [0.1, 0.15) is 57.4 Å². The molecule has 1 aromatic carbocycles. The quantitative estimate of drug-likeness (QED) is 0.254. The summed E-state index contributed by atoms with van der Waals surface area (Å²) >= 11 is 7.78. The fourth-order valence-corrected chi connectivity index (χ4v) is 5.13. The van der Waals surface area contributed by atoms with Crippen LogP contribution < -0.4 is 9.54 Å². The van der Waals surface area contributed by atoms with Gasteiger partial charge in [-0.2, -0.15) is 15.2 Å². The van der Waals surface area contributed by atoms with Crippen molar-refractivity contribution in [3.8, 4) is 11.9 Å². The highest BCUT2D eigenvalue weighted by molar-refractivity contribution is 7.09. The summed E-state index contributed by atoms with van der Waals surface area (Å²) in [6, 6.07) is 5.15.